The van der Waals surface area contributed by atoms with Gasteiger partial charge in [0.05, 0.1) is 14.2 Å². The van der Waals surface area contributed by atoms with Gasteiger partial charge in [0, 0.05) is 11.6 Å². The summed E-state index contributed by atoms with van der Waals surface area (Å²) in [6.07, 6.45) is 1.33. The topological polar surface area (TPSA) is 48.7 Å². The molecule has 0 bridgehead atoms. The van der Waals surface area contributed by atoms with E-state index < -0.39 is 11.8 Å². The molecular formula is C16H15FO4. The number of furan rings is 1. The standard InChI is InChI=1S/C16H15FO4/c1-10(8-16(18)20-3)13-6-7-14(21-13)11-4-5-15(19-2)12(17)9-11/h4-9H,1-3H3/b10-8+. The Hall–Kier alpha value is -2.56. The number of methoxy groups -OCH3 is 2. The fourth-order valence-electron chi connectivity index (χ4n) is 1.83. The minimum Gasteiger partial charge on any atom is -0.494 e. The van der Waals surface area contributed by atoms with Crippen LogP contribution in [0.5, 0.6) is 5.75 Å². The second kappa shape index (κ2) is 6.26. The fourth-order valence-corrected chi connectivity index (χ4v) is 1.83. The third kappa shape index (κ3) is 3.31. The van der Waals surface area contributed by atoms with E-state index in [1.807, 2.05) is 0 Å². The van der Waals surface area contributed by atoms with Crippen molar-refractivity contribution >= 4 is 11.5 Å². The summed E-state index contributed by atoms with van der Waals surface area (Å²) < 4.78 is 28.7. The van der Waals surface area contributed by atoms with Crippen LogP contribution in [0.25, 0.3) is 16.9 Å². The van der Waals surface area contributed by atoms with E-state index in [1.54, 1.807) is 25.1 Å². The van der Waals surface area contributed by atoms with E-state index in [0.29, 0.717) is 22.7 Å². The van der Waals surface area contributed by atoms with Crippen molar-refractivity contribution in [3.05, 3.63) is 48.0 Å². The summed E-state index contributed by atoms with van der Waals surface area (Å²) in [5.74, 6) is 0.277. The molecule has 0 amide bonds. The van der Waals surface area contributed by atoms with Crippen LogP contribution in [0.2, 0.25) is 0 Å². The van der Waals surface area contributed by atoms with Gasteiger partial charge in [0.1, 0.15) is 11.5 Å². The number of benzene rings is 1. The van der Waals surface area contributed by atoms with Crippen molar-refractivity contribution in [2.24, 2.45) is 0 Å². The lowest BCUT2D eigenvalue weighted by molar-refractivity contribution is -0.134. The summed E-state index contributed by atoms with van der Waals surface area (Å²) in [6, 6.07) is 7.99. The third-order valence-corrected chi connectivity index (χ3v) is 2.97. The molecule has 0 saturated heterocycles. The molecule has 110 valence electrons. The fraction of sp³-hybridized carbons (Fsp3) is 0.188. The van der Waals surface area contributed by atoms with Gasteiger partial charge in [-0.05, 0) is 42.8 Å². The predicted molar refractivity (Wildman–Crippen MR) is 76.3 cm³/mol. The lowest BCUT2D eigenvalue weighted by atomic mass is 10.1. The van der Waals surface area contributed by atoms with Crippen LogP contribution in [0.1, 0.15) is 12.7 Å². The molecule has 21 heavy (non-hydrogen) atoms. The molecular weight excluding hydrogens is 275 g/mol. The van der Waals surface area contributed by atoms with Gasteiger partial charge in [0.25, 0.3) is 0 Å². The van der Waals surface area contributed by atoms with Gasteiger partial charge >= 0.3 is 5.97 Å². The average Bonchev–Trinajstić information content (AvgIpc) is 2.96. The molecule has 2 aromatic rings. The molecule has 0 aliphatic carbocycles. The zero-order valence-electron chi connectivity index (χ0n) is 12.0. The lowest BCUT2D eigenvalue weighted by Gasteiger charge is -2.03. The minimum absolute atomic E-state index is 0.173. The molecule has 5 heteroatoms. The summed E-state index contributed by atoms with van der Waals surface area (Å²) in [5, 5.41) is 0. The van der Waals surface area contributed by atoms with E-state index >= 15 is 0 Å². The van der Waals surface area contributed by atoms with Crippen LogP contribution >= 0.6 is 0 Å². The van der Waals surface area contributed by atoms with E-state index in [1.165, 1.54) is 32.4 Å². The van der Waals surface area contributed by atoms with Crippen molar-refractivity contribution in [1.29, 1.82) is 0 Å². The quantitative estimate of drug-likeness (QED) is 0.636. The Morgan fingerprint density at radius 2 is 2.00 bits per heavy atom. The van der Waals surface area contributed by atoms with Crippen molar-refractivity contribution in [3.8, 4) is 17.1 Å². The third-order valence-electron chi connectivity index (χ3n) is 2.97. The van der Waals surface area contributed by atoms with E-state index in [4.69, 9.17) is 9.15 Å². The number of carbonyl (C=O) groups is 1. The number of hydrogen-bond donors (Lipinski definition) is 0. The van der Waals surface area contributed by atoms with Crippen LogP contribution in [0.4, 0.5) is 4.39 Å². The molecule has 1 heterocycles. The second-order valence-electron chi connectivity index (χ2n) is 4.36. The molecule has 0 fully saturated rings. The highest BCUT2D eigenvalue weighted by Crippen LogP contribution is 2.29. The van der Waals surface area contributed by atoms with E-state index in [2.05, 4.69) is 4.74 Å². The smallest absolute Gasteiger partial charge is 0.330 e. The first kappa shape index (κ1) is 14.8. The first-order valence-electron chi connectivity index (χ1n) is 6.25. The number of ether oxygens (including phenoxy) is 2. The van der Waals surface area contributed by atoms with Crippen LogP contribution in [0.15, 0.2) is 40.8 Å². The SMILES string of the molecule is COC(=O)/C=C(\C)c1ccc(-c2ccc(OC)c(F)c2)o1. The molecule has 0 spiro atoms. The van der Waals surface area contributed by atoms with Crippen LogP contribution in [0, 0.1) is 5.82 Å². The minimum atomic E-state index is -0.463. The second-order valence-corrected chi connectivity index (χ2v) is 4.36. The average molecular weight is 290 g/mol. The molecule has 0 N–H and O–H groups in total. The molecule has 2 rings (SSSR count). The maximum Gasteiger partial charge on any atom is 0.330 e. The Labute approximate surface area is 121 Å². The van der Waals surface area contributed by atoms with Crippen LogP contribution in [0.3, 0.4) is 0 Å². The van der Waals surface area contributed by atoms with Gasteiger partial charge in [-0.1, -0.05) is 0 Å². The first-order chi connectivity index (χ1) is 10.0. The Bertz CT molecular complexity index is 685. The molecule has 4 nitrogen and oxygen atoms in total. The van der Waals surface area contributed by atoms with Crippen LogP contribution < -0.4 is 4.74 Å². The number of esters is 1. The summed E-state index contributed by atoms with van der Waals surface area (Å²) >= 11 is 0. The molecule has 0 atom stereocenters. The van der Waals surface area contributed by atoms with Gasteiger partial charge in [-0.2, -0.15) is 0 Å². The Kier molecular flexibility index (Phi) is 4.42. The number of halogens is 1. The highest BCUT2D eigenvalue weighted by molar-refractivity contribution is 5.90. The Morgan fingerprint density at radius 1 is 1.24 bits per heavy atom. The highest BCUT2D eigenvalue weighted by atomic mass is 19.1. The van der Waals surface area contributed by atoms with E-state index in [-0.39, 0.29) is 5.75 Å². The van der Waals surface area contributed by atoms with Crippen molar-refractivity contribution < 1.29 is 23.1 Å². The normalized spacial score (nSPS) is 11.3. The van der Waals surface area contributed by atoms with Gasteiger partial charge in [-0.25, -0.2) is 9.18 Å². The molecule has 0 aliphatic rings. The Morgan fingerprint density at radius 3 is 2.62 bits per heavy atom. The number of allylic oxidation sites excluding steroid dienone is 1. The maximum absolute atomic E-state index is 13.7. The van der Waals surface area contributed by atoms with Gasteiger partial charge in [0.2, 0.25) is 0 Å². The van der Waals surface area contributed by atoms with Crippen molar-refractivity contribution in [2.45, 2.75) is 6.92 Å². The highest BCUT2D eigenvalue weighted by Gasteiger charge is 2.10. The van der Waals surface area contributed by atoms with Crippen molar-refractivity contribution in [3.63, 3.8) is 0 Å². The lowest BCUT2D eigenvalue weighted by Crippen LogP contribution is -1.95. The van der Waals surface area contributed by atoms with Gasteiger partial charge in [0.15, 0.2) is 11.6 Å². The molecule has 1 aromatic carbocycles. The number of hydrogen-bond acceptors (Lipinski definition) is 4. The van der Waals surface area contributed by atoms with Gasteiger partial charge in [-0.15, -0.1) is 0 Å². The molecule has 1 aromatic heterocycles. The molecule has 0 aliphatic heterocycles. The van der Waals surface area contributed by atoms with Gasteiger partial charge in [-0.3, -0.25) is 0 Å². The summed E-state index contributed by atoms with van der Waals surface area (Å²) in [5.41, 5.74) is 1.22. The molecule has 0 saturated carbocycles. The van der Waals surface area contributed by atoms with Crippen molar-refractivity contribution in [2.75, 3.05) is 14.2 Å². The van der Waals surface area contributed by atoms with E-state index in [0.717, 1.165) is 0 Å². The maximum atomic E-state index is 13.7. The molecule has 0 radical (unpaired) electrons. The first-order valence-corrected chi connectivity index (χ1v) is 6.25. The summed E-state index contributed by atoms with van der Waals surface area (Å²) in [6.45, 7) is 1.73. The van der Waals surface area contributed by atoms with Crippen LogP contribution in [-0.4, -0.2) is 20.2 Å². The number of rotatable bonds is 4. The largest absolute Gasteiger partial charge is 0.494 e. The van der Waals surface area contributed by atoms with Gasteiger partial charge < -0.3 is 13.9 Å². The molecule has 0 unspecified atom stereocenters. The van der Waals surface area contributed by atoms with E-state index in [9.17, 15) is 9.18 Å². The van der Waals surface area contributed by atoms with Crippen LogP contribution in [-0.2, 0) is 9.53 Å². The zero-order chi connectivity index (χ0) is 15.4. The zero-order valence-corrected chi connectivity index (χ0v) is 12.0. The number of carbonyl (C=O) groups excluding carboxylic acids is 1. The monoisotopic (exact) mass is 290 g/mol. The van der Waals surface area contributed by atoms with Crippen molar-refractivity contribution in [1.82, 2.24) is 0 Å². The Balaban J connectivity index is 2.30. The predicted octanol–water partition coefficient (Wildman–Crippen LogP) is 3.67. The summed E-state index contributed by atoms with van der Waals surface area (Å²) in [4.78, 5) is 11.2. The summed E-state index contributed by atoms with van der Waals surface area (Å²) in [7, 11) is 2.71.